The third-order valence-corrected chi connectivity index (χ3v) is 26.5. The van der Waals surface area contributed by atoms with Crippen LogP contribution in [0.25, 0.3) is 99.8 Å². The average molecular weight is 2010 g/mol. The number of carbonyl (C=O) groups is 2. The van der Waals surface area contributed by atoms with E-state index in [1.165, 1.54) is 60.0 Å². The number of rotatable bonds is 25. The van der Waals surface area contributed by atoms with Crippen molar-refractivity contribution in [2.75, 3.05) is 17.6 Å². The molecule has 26 heteroatoms. The Morgan fingerprint density at radius 2 is 0.705 bits per heavy atom. The average Bonchev–Trinajstić information content (AvgIpc) is 1.60. The monoisotopic (exact) mass is 2010 g/mol. The number of H-pyrrole nitrogens is 3. The minimum atomic E-state index is -0.371. The van der Waals surface area contributed by atoms with Gasteiger partial charge in [-0.05, 0) is 166 Å². The van der Waals surface area contributed by atoms with E-state index in [-0.39, 0.29) is 23.3 Å². The van der Waals surface area contributed by atoms with Gasteiger partial charge in [0.25, 0.3) is 0 Å². The number of aliphatic imine (C=N–C) groups is 1. The molecule has 0 amide bonds. The van der Waals surface area contributed by atoms with E-state index in [1.54, 1.807) is 30.9 Å². The first kappa shape index (κ1) is 102. The SMILES string of the molecule is CCC(C)c1cnc2c(Br)cc(-c3cncc(F)c3)cn12.CCC(C)c1cnc2c(N)cc(-c3cncc(F)c3)cn12.CCC(C)c1cnc2c(N=C(c3ccccc3)c3ccccc3)cc(-c3cncc(F)c3)cn12.CCC(C)c1cnc2c(NCCc3c[nH]c4ccccc34)cc(-c3cncc(F)c3)cn12.N=C(c1ccccc1)c1ccccc1.O=CCc1c[nH]c2ccccc12.O=CCc1c[nH]c2ccccc12. The van der Waals surface area contributed by atoms with E-state index in [1.807, 2.05) is 236 Å². The number of anilines is 2. The Morgan fingerprint density at radius 3 is 1.10 bits per heavy atom. The molecular formula is C120H112BrF4N19O2. The van der Waals surface area contributed by atoms with Crippen molar-refractivity contribution in [2.24, 2.45) is 4.99 Å². The smallest absolute Gasteiger partial charge is 0.163 e. The number of carbonyl (C=O) groups excluding carboxylic acids is 2. The lowest BCUT2D eigenvalue weighted by molar-refractivity contribution is -0.108. The van der Waals surface area contributed by atoms with Gasteiger partial charge in [0, 0.05) is 223 Å². The van der Waals surface area contributed by atoms with Gasteiger partial charge >= 0.3 is 0 Å². The lowest BCUT2D eigenvalue weighted by atomic mass is 10.0. The number of benzene rings is 7. The minimum absolute atomic E-state index is 0.315. The van der Waals surface area contributed by atoms with E-state index in [2.05, 4.69) is 183 Å². The third kappa shape index (κ3) is 24.5. The molecule has 0 aliphatic rings. The maximum absolute atomic E-state index is 14.0. The molecule has 4 unspecified atom stereocenters. The standard InChI is InChI=1S/C29H25FN4.C26H26FN5.C16H15BrFN3.C16H17FN4.C13H11N.2C10H9NO/c1-3-20(2)27-18-32-29-26(15-24(19-34(27)29)23-14-25(30)17-31-16-23)33-28(21-10-6-4-7-11-21)22-12-8-5-9-13-22;1-3-17(2)25-15-31-26-24(11-20(16-32(25)26)19-10-21(27)14-28-12-19)29-9-8-18-13-30-23-7-5-4-6-22(18)23;1-3-10(2)15-8-20-16-14(17)5-12(9-21(15)16)11-4-13(18)7-19-6-11;1-3-10(2)15-8-20-16-14(18)5-12(9-21(15)16)11-4-13(17)7-19-6-11;14-13(11-7-3-1-4-8-11)12-9-5-2-6-10-12;2*12-6-5-8-7-11-10-4-2-1-3-9(8)10/h4-20H,3H2,1-2H3;4-7,10-17,29-30H,3,8-9H2,1-2H3;4-10H,3H2,1-2H3;4-10H,3,18H2,1-2H3;1-10,14H;2*1-4,6-7,11H,5H2. The lowest BCUT2D eigenvalue weighted by Crippen LogP contribution is -2.07. The molecule has 0 bridgehead atoms. The Kier molecular flexibility index (Phi) is 34.0. The zero-order valence-electron chi connectivity index (χ0n) is 82.3. The van der Waals surface area contributed by atoms with Crippen molar-refractivity contribution in [3.63, 3.8) is 0 Å². The number of aromatic amines is 3. The van der Waals surface area contributed by atoms with Crippen molar-refractivity contribution >= 4 is 112 Å². The fourth-order valence-electron chi connectivity index (χ4n) is 17.2. The molecule has 15 heterocycles. The number of nitrogens with one attached hydrogen (secondary N) is 5. The van der Waals surface area contributed by atoms with Gasteiger partial charge in [-0.15, -0.1) is 0 Å². The van der Waals surface area contributed by atoms with E-state index < -0.39 is 0 Å². The number of aldehydes is 2. The van der Waals surface area contributed by atoms with Crippen molar-refractivity contribution in [1.82, 2.24) is 72.4 Å². The number of halogens is 5. The molecule has 0 saturated carbocycles. The first-order valence-corrected chi connectivity index (χ1v) is 49.5. The number of hydrogen-bond acceptors (Lipinski definition) is 14. The topological polar surface area (TPSA) is 277 Å². The number of pyridine rings is 8. The van der Waals surface area contributed by atoms with Crippen LogP contribution in [0.15, 0.2) is 370 Å². The molecule has 22 aromatic rings. The van der Waals surface area contributed by atoms with E-state index in [0.29, 0.717) is 59.0 Å². The van der Waals surface area contributed by atoms with Gasteiger partial charge in [0.2, 0.25) is 0 Å². The Hall–Kier alpha value is -17.0. The van der Waals surface area contributed by atoms with E-state index >= 15 is 0 Å². The van der Waals surface area contributed by atoms with Gasteiger partial charge in [-0.25, -0.2) is 42.5 Å². The summed E-state index contributed by atoms with van der Waals surface area (Å²) in [7, 11) is 0. The number of aromatic nitrogens is 15. The summed E-state index contributed by atoms with van der Waals surface area (Å²) >= 11 is 3.55. The van der Waals surface area contributed by atoms with Crippen LogP contribution in [-0.4, -0.2) is 103 Å². The normalized spacial score (nSPS) is 11.8. The number of fused-ring (bicyclic) bond motifs is 7. The second-order valence-corrected chi connectivity index (χ2v) is 36.5. The predicted octanol–water partition coefficient (Wildman–Crippen LogP) is 28.8. The molecule has 734 valence electrons. The molecule has 0 fully saturated rings. The fourth-order valence-corrected chi connectivity index (χ4v) is 17.8. The lowest BCUT2D eigenvalue weighted by Gasteiger charge is -2.14. The molecule has 0 saturated heterocycles. The zero-order valence-corrected chi connectivity index (χ0v) is 83.9. The summed E-state index contributed by atoms with van der Waals surface area (Å²) in [5.41, 5.74) is 34.6. The van der Waals surface area contributed by atoms with Gasteiger partial charge in [-0.1, -0.05) is 231 Å². The predicted molar refractivity (Wildman–Crippen MR) is 584 cm³/mol. The van der Waals surface area contributed by atoms with Crippen molar-refractivity contribution in [3.8, 4) is 44.5 Å². The highest BCUT2D eigenvalue weighted by atomic mass is 79.9. The van der Waals surface area contributed by atoms with Crippen LogP contribution in [0.3, 0.4) is 0 Å². The minimum Gasteiger partial charge on any atom is -0.396 e. The van der Waals surface area contributed by atoms with Gasteiger partial charge in [0.1, 0.15) is 41.5 Å². The van der Waals surface area contributed by atoms with Crippen LogP contribution in [0.2, 0.25) is 0 Å². The maximum atomic E-state index is 14.0. The van der Waals surface area contributed by atoms with Crippen LogP contribution in [0.4, 0.5) is 34.6 Å². The highest BCUT2D eigenvalue weighted by molar-refractivity contribution is 9.10. The molecule has 15 aromatic heterocycles. The van der Waals surface area contributed by atoms with E-state index in [4.69, 9.17) is 26.1 Å². The number of para-hydroxylation sites is 3. The molecule has 4 atom stereocenters. The van der Waals surface area contributed by atoms with Gasteiger partial charge in [0.05, 0.1) is 52.1 Å². The molecule has 0 aliphatic carbocycles. The Labute approximate surface area is 852 Å². The third-order valence-electron chi connectivity index (χ3n) is 25.9. The van der Waals surface area contributed by atoms with Gasteiger partial charge < -0.3 is 53.2 Å². The number of nitrogens with zero attached hydrogens (tertiary/aromatic N) is 13. The molecule has 146 heavy (non-hydrogen) atoms. The summed E-state index contributed by atoms with van der Waals surface area (Å²) in [5.74, 6) is 0.0535. The summed E-state index contributed by atoms with van der Waals surface area (Å²) in [6, 6.07) is 77.8. The van der Waals surface area contributed by atoms with Crippen molar-refractivity contribution in [3.05, 3.63) is 450 Å². The van der Waals surface area contributed by atoms with Crippen molar-refractivity contribution in [1.29, 1.82) is 5.41 Å². The van der Waals surface area contributed by atoms with Crippen molar-refractivity contribution in [2.45, 2.75) is 124 Å². The van der Waals surface area contributed by atoms with Crippen LogP contribution >= 0.6 is 15.9 Å². The first-order chi connectivity index (χ1) is 71.2. The molecule has 21 nitrogen and oxygen atoms in total. The molecule has 0 radical (unpaired) electrons. The summed E-state index contributed by atoms with van der Waals surface area (Å²) in [6.07, 6.45) is 40.7. The Bertz CT molecular complexity index is 7940. The van der Waals surface area contributed by atoms with Crippen LogP contribution in [-0.2, 0) is 28.9 Å². The van der Waals surface area contributed by atoms with E-state index in [0.717, 1.165) is 212 Å². The second kappa shape index (κ2) is 48.7. The molecule has 0 spiro atoms. The number of nitrogen functional groups attached to an aromatic ring is 1. The quantitative estimate of drug-likeness (QED) is 0.0177. The summed E-state index contributed by atoms with van der Waals surface area (Å²) < 4.78 is 63.8. The number of hydrogen-bond donors (Lipinski definition) is 6. The number of nitrogens with two attached hydrogens (primary N) is 1. The largest absolute Gasteiger partial charge is 0.396 e. The first-order valence-electron chi connectivity index (χ1n) is 48.7. The number of imidazole rings is 4. The summed E-state index contributed by atoms with van der Waals surface area (Å²) in [4.78, 5) is 69.5. The highest BCUT2D eigenvalue weighted by Gasteiger charge is 2.22. The highest BCUT2D eigenvalue weighted by Crippen LogP contribution is 2.37. The van der Waals surface area contributed by atoms with Crippen LogP contribution in [0, 0.1) is 28.7 Å². The fraction of sp³-hybridized carbons (Fsp3) is 0.167. The molecule has 22 rings (SSSR count). The Balaban J connectivity index is 0.000000126. The summed E-state index contributed by atoms with van der Waals surface area (Å²) in [6.45, 7) is 18.1. The van der Waals surface area contributed by atoms with Crippen LogP contribution in [0.5, 0.6) is 0 Å². The van der Waals surface area contributed by atoms with Crippen LogP contribution < -0.4 is 11.1 Å². The molecule has 7 N–H and O–H groups in total. The van der Waals surface area contributed by atoms with Gasteiger partial charge in [-0.2, -0.15) is 0 Å². The Morgan fingerprint density at radius 1 is 0.384 bits per heavy atom. The second-order valence-electron chi connectivity index (χ2n) is 35.6. The molecular weight excluding hydrogens is 1900 g/mol. The van der Waals surface area contributed by atoms with Gasteiger partial charge in [-0.3, -0.25) is 25.3 Å². The molecule has 7 aromatic carbocycles. The summed E-state index contributed by atoms with van der Waals surface area (Å²) in [5, 5.41) is 15.1. The van der Waals surface area contributed by atoms with Crippen molar-refractivity contribution < 1.29 is 27.2 Å². The van der Waals surface area contributed by atoms with Gasteiger partial charge in [0.15, 0.2) is 22.6 Å². The van der Waals surface area contributed by atoms with Crippen LogP contribution in [0.1, 0.15) is 166 Å². The zero-order chi connectivity index (χ0) is 102. The van der Waals surface area contributed by atoms with E-state index in [9.17, 15) is 27.2 Å². The maximum Gasteiger partial charge on any atom is 0.163 e. The molecule has 0 aliphatic heterocycles.